The molecule has 0 saturated heterocycles. The van der Waals surface area contributed by atoms with Crippen LogP contribution in [-0.4, -0.2) is 25.3 Å². The van der Waals surface area contributed by atoms with Gasteiger partial charge in [-0.3, -0.25) is 0 Å². The van der Waals surface area contributed by atoms with E-state index in [1.165, 1.54) is 4.31 Å². The molecule has 1 aromatic rings. The summed E-state index contributed by atoms with van der Waals surface area (Å²) in [6, 6.07) is 6.68. The lowest BCUT2D eigenvalue weighted by Crippen LogP contribution is -2.36. The van der Waals surface area contributed by atoms with Crippen LogP contribution in [0.3, 0.4) is 0 Å². The molecule has 0 aliphatic rings. The van der Waals surface area contributed by atoms with Crippen molar-refractivity contribution < 1.29 is 8.42 Å². The molecule has 0 aliphatic carbocycles. The fourth-order valence-electron chi connectivity index (χ4n) is 1.55. The van der Waals surface area contributed by atoms with E-state index < -0.39 is 10.0 Å². The Hall–Kier alpha value is -0.390. The SMILES string of the molecule is CCN(C(C)C)S(=O)(=O)c1ccc(Br)cc1. The molecule has 0 amide bonds. The maximum Gasteiger partial charge on any atom is 0.243 e. The third kappa shape index (κ3) is 2.84. The predicted molar refractivity (Wildman–Crippen MR) is 68.8 cm³/mol. The molecule has 0 heterocycles. The van der Waals surface area contributed by atoms with Gasteiger partial charge in [-0.25, -0.2) is 8.42 Å². The summed E-state index contributed by atoms with van der Waals surface area (Å²) in [5, 5.41) is 0. The normalized spacial score (nSPS) is 12.4. The van der Waals surface area contributed by atoms with E-state index in [2.05, 4.69) is 15.9 Å². The largest absolute Gasteiger partial charge is 0.243 e. The molecular weight excluding hydrogens is 290 g/mol. The van der Waals surface area contributed by atoms with Crippen molar-refractivity contribution in [2.75, 3.05) is 6.54 Å². The fraction of sp³-hybridized carbons (Fsp3) is 0.455. The molecule has 0 bridgehead atoms. The second-order valence-electron chi connectivity index (χ2n) is 3.76. The summed E-state index contributed by atoms with van der Waals surface area (Å²) in [5.41, 5.74) is 0. The lowest BCUT2D eigenvalue weighted by atomic mass is 10.4. The molecule has 1 rings (SSSR count). The first-order valence-corrected chi connectivity index (χ1v) is 7.40. The number of sulfonamides is 1. The molecule has 0 atom stereocenters. The lowest BCUT2D eigenvalue weighted by molar-refractivity contribution is 0.369. The third-order valence-corrected chi connectivity index (χ3v) is 5.00. The van der Waals surface area contributed by atoms with Gasteiger partial charge in [0.2, 0.25) is 10.0 Å². The van der Waals surface area contributed by atoms with Crippen LogP contribution in [0.25, 0.3) is 0 Å². The highest BCUT2D eigenvalue weighted by Crippen LogP contribution is 2.20. The van der Waals surface area contributed by atoms with Crippen LogP contribution in [-0.2, 0) is 10.0 Å². The summed E-state index contributed by atoms with van der Waals surface area (Å²) in [6.07, 6.45) is 0. The molecule has 3 nitrogen and oxygen atoms in total. The van der Waals surface area contributed by atoms with Crippen molar-refractivity contribution in [1.82, 2.24) is 4.31 Å². The number of benzene rings is 1. The molecule has 0 aromatic heterocycles. The molecule has 0 unspecified atom stereocenters. The number of hydrogen-bond donors (Lipinski definition) is 0. The van der Waals surface area contributed by atoms with Gasteiger partial charge in [-0.05, 0) is 38.1 Å². The first-order chi connectivity index (χ1) is 7.39. The topological polar surface area (TPSA) is 37.4 Å². The van der Waals surface area contributed by atoms with Crippen LogP contribution in [0.4, 0.5) is 0 Å². The Morgan fingerprint density at radius 1 is 1.25 bits per heavy atom. The molecule has 90 valence electrons. The summed E-state index contributed by atoms with van der Waals surface area (Å²) in [7, 11) is -3.35. The Morgan fingerprint density at radius 3 is 2.12 bits per heavy atom. The van der Waals surface area contributed by atoms with E-state index in [9.17, 15) is 8.42 Å². The first-order valence-electron chi connectivity index (χ1n) is 5.17. The highest BCUT2D eigenvalue weighted by Gasteiger charge is 2.24. The highest BCUT2D eigenvalue weighted by molar-refractivity contribution is 9.10. The second-order valence-corrected chi connectivity index (χ2v) is 6.56. The Morgan fingerprint density at radius 2 is 1.75 bits per heavy atom. The maximum absolute atomic E-state index is 12.2. The van der Waals surface area contributed by atoms with Gasteiger partial charge in [0.25, 0.3) is 0 Å². The number of hydrogen-bond acceptors (Lipinski definition) is 2. The monoisotopic (exact) mass is 305 g/mol. The highest BCUT2D eigenvalue weighted by atomic mass is 79.9. The van der Waals surface area contributed by atoms with Crippen molar-refractivity contribution in [2.45, 2.75) is 31.7 Å². The average molecular weight is 306 g/mol. The van der Waals surface area contributed by atoms with Crippen LogP contribution in [0.2, 0.25) is 0 Å². The van der Waals surface area contributed by atoms with E-state index in [0.29, 0.717) is 11.4 Å². The predicted octanol–water partition coefficient (Wildman–Crippen LogP) is 2.87. The molecule has 0 N–H and O–H groups in total. The third-order valence-electron chi connectivity index (χ3n) is 2.31. The summed E-state index contributed by atoms with van der Waals surface area (Å²) >= 11 is 3.29. The number of nitrogens with zero attached hydrogens (tertiary/aromatic N) is 1. The van der Waals surface area contributed by atoms with Crippen molar-refractivity contribution in [3.63, 3.8) is 0 Å². The molecule has 5 heteroatoms. The average Bonchev–Trinajstić information content (AvgIpc) is 2.18. The van der Waals surface area contributed by atoms with Gasteiger partial charge < -0.3 is 0 Å². The van der Waals surface area contributed by atoms with Crippen LogP contribution in [0.1, 0.15) is 20.8 Å². The molecule has 0 radical (unpaired) electrons. The molecular formula is C11H16BrNO2S. The Kier molecular flexibility index (Phi) is 4.52. The van der Waals surface area contributed by atoms with E-state index in [1.807, 2.05) is 20.8 Å². The summed E-state index contributed by atoms with van der Waals surface area (Å²) < 4.78 is 26.8. The van der Waals surface area contributed by atoms with Gasteiger partial charge in [0.1, 0.15) is 0 Å². The van der Waals surface area contributed by atoms with E-state index >= 15 is 0 Å². The Bertz CT molecular complexity index is 440. The standard InChI is InChI=1S/C11H16BrNO2S/c1-4-13(9(2)3)16(14,15)11-7-5-10(12)6-8-11/h5-9H,4H2,1-3H3. The van der Waals surface area contributed by atoms with E-state index in [0.717, 1.165) is 4.47 Å². The van der Waals surface area contributed by atoms with E-state index in [4.69, 9.17) is 0 Å². The summed E-state index contributed by atoms with van der Waals surface area (Å²) in [5.74, 6) is 0. The Balaban J connectivity index is 3.15. The minimum atomic E-state index is -3.35. The number of rotatable bonds is 4. The van der Waals surface area contributed by atoms with E-state index in [1.54, 1.807) is 24.3 Å². The first kappa shape index (κ1) is 13.7. The van der Waals surface area contributed by atoms with Gasteiger partial charge in [0.15, 0.2) is 0 Å². The Labute approximate surface area is 106 Å². The minimum Gasteiger partial charge on any atom is -0.207 e. The fourth-order valence-corrected chi connectivity index (χ4v) is 3.46. The molecule has 1 aromatic carbocycles. The van der Waals surface area contributed by atoms with Crippen LogP contribution in [0, 0.1) is 0 Å². The molecule has 0 saturated carbocycles. The van der Waals surface area contributed by atoms with E-state index in [-0.39, 0.29) is 6.04 Å². The number of halogens is 1. The molecule has 0 spiro atoms. The summed E-state index contributed by atoms with van der Waals surface area (Å²) in [6.45, 7) is 6.08. The van der Waals surface area contributed by atoms with Crippen molar-refractivity contribution in [2.24, 2.45) is 0 Å². The second kappa shape index (κ2) is 5.29. The zero-order valence-corrected chi connectivity index (χ0v) is 12.0. The zero-order chi connectivity index (χ0) is 12.3. The molecule has 0 fully saturated rings. The van der Waals surface area contributed by atoms with Crippen LogP contribution in [0.15, 0.2) is 33.6 Å². The van der Waals surface area contributed by atoms with Gasteiger partial charge >= 0.3 is 0 Å². The molecule has 0 aliphatic heterocycles. The van der Waals surface area contributed by atoms with Gasteiger partial charge in [-0.2, -0.15) is 4.31 Å². The minimum absolute atomic E-state index is 0.0290. The molecule has 16 heavy (non-hydrogen) atoms. The van der Waals surface area contributed by atoms with Crippen LogP contribution in [0.5, 0.6) is 0 Å². The lowest BCUT2D eigenvalue weighted by Gasteiger charge is -2.24. The summed E-state index contributed by atoms with van der Waals surface area (Å²) in [4.78, 5) is 0.339. The van der Waals surface area contributed by atoms with Crippen molar-refractivity contribution >= 4 is 26.0 Å². The van der Waals surface area contributed by atoms with Gasteiger partial charge in [-0.1, -0.05) is 22.9 Å². The van der Waals surface area contributed by atoms with Crippen LogP contribution >= 0.6 is 15.9 Å². The quantitative estimate of drug-likeness (QED) is 0.858. The van der Waals surface area contributed by atoms with Crippen molar-refractivity contribution in [1.29, 1.82) is 0 Å². The smallest absolute Gasteiger partial charge is 0.207 e. The maximum atomic E-state index is 12.2. The van der Waals surface area contributed by atoms with Gasteiger partial charge in [0, 0.05) is 17.1 Å². The van der Waals surface area contributed by atoms with Crippen molar-refractivity contribution in [3.8, 4) is 0 Å². The van der Waals surface area contributed by atoms with Gasteiger partial charge in [-0.15, -0.1) is 0 Å². The van der Waals surface area contributed by atoms with Crippen molar-refractivity contribution in [3.05, 3.63) is 28.7 Å². The zero-order valence-electron chi connectivity index (χ0n) is 9.64. The van der Waals surface area contributed by atoms with Gasteiger partial charge in [0.05, 0.1) is 4.90 Å². The van der Waals surface area contributed by atoms with Crippen LogP contribution < -0.4 is 0 Å².